The average Bonchev–Trinajstić information content (AvgIpc) is 2.74. The Labute approximate surface area is 224 Å². The van der Waals surface area contributed by atoms with Crippen LogP contribution in [0.4, 0.5) is 0 Å². The van der Waals surface area contributed by atoms with Gasteiger partial charge in [0, 0.05) is 5.56 Å². The van der Waals surface area contributed by atoms with Crippen molar-refractivity contribution in [2.45, 2.75) is 52.4 Å². The molecule has 0 aliphatic heterocycles. The van der Waals surface area contributed by atoms with Gasteiger partial charge in [-0.3, -0.25) is 0 Å². The summed E-state index contributed by atoms with van der Waals surface area (Å²) in [6, 6.07) is 16.4. The molecule has 2 N–H and O–H groups in total. The Hall–Kier alpha value is -3.22. The van der Waals surface area contributed by atoms with Gasteiger partial charge < -0.3 is 19.7 Å². The fraction of sp³-hybridized carbons (Fsp3) is 0.286. The Morgan fingerprint density at radius 3 is 1.42 bits per heavy atom. The van der Waals surface area contributed by atoms with E-state index in [9.17, 15) is 19.8 Å². The number of rotatable bonds is 6. The monoisotopic (exact) mass is 534 g/mol. The molecule has 3 rings (SSSR count). The number of benzene rings is 3. The Bertz CT molecular complexity index is 1210. The van der Waals surface area contributed by atoms with Crippen molar-refractivity contribution in [3.8, 4) is 23.0 Å². The average molecular weight is 535 g/mol. The molecule has 0 atom stereocenters. The first-order valence-electron chi connectivity index (χ1n) is 11.0. The van der Waals surface area contributed by atoms with E-state index in [1.54, 1.807) is 24.3 Å². The Morgan fingerprint density at radius 1 is 0.639 bits per heavy atom. The molecule has 0 unspecified atom stereocenters. The maximum atomic E-state index is 11.2. The highest BCUT2D eigenvalue weighted by molar-refractivity contribution is 5.88. The summed E-state index contributed by atoms with van der Waals surface area (Å²) in [7, 11) is 0. The van der Waals surface area contributed by atoms with E-state index < -0.39 is 11.9 Å². The van der Waals surface area contributed by atoms with Crippen LogP contribution in [0.15, 0.2) is 60.7 Å². The first-order valence-corrected chi connectivity index (χ1v) is 11.0. The van der Waals surface area contributed by atoms with Crippen molar-refractivity contribution in [2.24, 2.45) is 0 Å². The highest BCUT2D eigenvalue weighted by Gasteiger charge is 2.27. The SMILES string of the molecule is CC(C)(C)c1cc(Oc2ccc(C(=O)O)cc2)c(Oc2ccc(C(=O)O)cc2)c(C(C)(C)C)c1.Cl.Cl. The van der Waals surface area contributed by atoms with Gasteiger partial charge in [0.1, 0.15) is 11.5 Å². The fourth-order valence-corrected chi connectivity index (χ4v) is 3.35. The number of aromatic carboxylic acids is 2. The van der Waals surface area contributed by atoms with Gasteiger partial charge in [-0.25, -0.2) is 9.59 Å². The minimum atomic E-state index is -1.01. The molecule has 0 saturated carbocycles. The molecule has 6 nitrogen and oxygen atoms in total. The molecule has 36 heavy (non-hydrogen) atoms. The van der Waals surface area contributed by atoms with Crippen LogP contribution in [0.3, 0.4) is 0 Å². The summed E-state index contributed by atoms with van der Waals surface area (Å²) < 4.78 is 12.5. The topological polar surface area (TPSA) is 93.1 Å². The molecule has 3 aromatic rings. The summed E-state index contributed by atoms with van der Waals surface area (Å²) in [5.74, 6) is -0.0591. The maximum Gasteiger partial charge on any atom is 0.335 e. The third-order valence-electron chi connectivity index (χ3n) is 5.38. The van der Waals surface area contributed by atoms with Crippen LogP contribution in [0.1, 0.15) is 73.4 Å². The number of carbonyl (C=O) groups is 2. The van der Waals surface area contributed by atoms with Crippen LogP contribution < -0.4 is 9.47 Å². The van der Waals surface area contributed by atoms with Crippen LogP contribution >= 0.6 is 24.8 Å². The second-order valence-corrected chi connectivity index (χ2v) is 10.2. The third-order valence-corrected chi connectivity index (χ3v) is 5.38. The number of ether oxygens (including phenoxy) is 2. The van der Waals surface area contributed by atoms with E-state index >= 15 is 0 Å². The second-order valence-electron chi connectivity index (χ2n) is 10.2. The molecule has 0 radical (unpaired) electrons. The van der Waals surface area contributed by atoms with Gasteiger partial charge in [0.15, 0.2) is 11.5 Å². The van der Waals surface area contributed by atoms with Gasteiger partial charge in [0.05, 0.1) is 11.1 Å². The van der Waals surface area contributed by atoms with E-state index in [2.05, 4.69) is 47.6 Å². The van der Waals surface area contributed by atoms with Crippen molar-refractivity contribution in [1.29, 1.82) is 0 Å². The van der Waals surface area contributed by atoms with Crippen LogP contribution in [0.2, 0.25) is 0 Å². The number of carboxylic acid groups (broad SMARTS) is 2. The van der Waals surface area contributed by atoms with Gasteiger partial charge in [0.25, 0.3) is 0 Å². The van der Waals surface area contributed by atoms with Gasteiger partial charge in [-0.15, -0.1) is 24.8 Å². The third kappa shape index (κ3) is 7.39. The van der Waals surface area contributed by atoms with E-state index in [-0.39, 0.29) is 46.8 Å². The van der Waals surface area contributed by atoms with E-state index in [1.165, 1.54) is 24.3 Å². The summed E-state index contributed by atoms with van der Waals surface area (Å²) in [6.45, 7) is 12.6. The summed E-state index contributed by atoms with van der Waals surface area (Å²) in [5, 5.41) is 18.4. The number of hydrogen-bond donors (Lipinski definition) is 2. The summed E-state index contributed by atoms with van der Waals surface area (Å²) in [5.41, 5.74) is 1.88. The first-order chi connectivity index (χ1) is 15.8. The smallest absolute Gasteiger partial charge is 0.335 e. The molecule has 0 spiro atoms. The number of halogens is 2. The van der Waals surface area contributed by atoms with Crippen LogP contribution in [0.25, 0.3) is 0 Å². The Kier molecular flexibility index (Phi) is 9.99. The van der Waals surface area contributed by atoms with Crippen LogP contribution in [0.5, 0.6) is 23.0 Å². The van der Waals surface area contributed by atoms with Crippen LogP contribution in [0, 0.1) is 0 Å². The zero-order chi connectivity index (χ0) is 25.3. The van der Waals surface area contributed by atoms with Crippen molar-refractivity contribution in [3.63, 3.8) is 0 Å². The van der Waals surface area contributed by atoms with E-state index in [0.717, 1.165) is 11.1 Å². The predicted molar refractivity (Wildman–Crippen MR) is 145 cm³/mol. The molecule has 3 aromatic carbocycles. The number of carboxylic acids is 2. The van der Waals surface area contributed by atoms with Gasteiger partial charge in [-0.1, -0.05) is 47.6 Å². The molecule has 0 amide bonds. The normalized spacial score (nSPS) is 11.1. The molecule has 0 heterocycles. The molecule has 0 fully saturated rings. The van der Waals surface area contributed by atoms with Gasteiger partial charge in [-0.2, -0.15) is 0 Å². The lowest BCUT2D eigenvalue weighted by molar-refractivity contribution is 0.0686. The number of hydrogen-bond acceptors (Lipinski definition) is 4. The van der Waals surface area contributed by atoms with Crippen LogP contribution in [-0.2, 0) is 10.8 Å². The van der Waals surface area contributed by atoms with Crippen molar-refractivity contribution < 1.29 is 29.3 Å². The van der Waals surface area contributed by atoms with Gasteiger partial charge in [-0.05, 0) is 71.0 Å². The molecule has 0 bridgehead atoms. The highest BCUT2D eigenvalue weighted by atomic mass is 35.5. The summed E-state index contributed by atoms with van der Waals surface area (Å²) in [4.78, 5) is 22.4. The van der Waals surface area contributed by atoms with E-state index in [0.29, 0.717) is 23.0 Å². The lowest BCUT2D eigenvalue weighted by atomic mass is 9.80. The molecule has 0 aliphatic rings. The summed E-state index contributed by atoms with van der Waals surface area (Å²) in [6.07, 6.45) is 0. The lowest BCUT2D eigenvalue weighted by Gasteiger charge is -2.29. The second kappa shape index (κ2) is 11.7. The molecular formula is C28H32Cl2O6. The fourth-order valence-electron chi connectivity index (χ4n) is 3.35. The predicted octanol–water partition coefficient (Wildman–Crippen LogP) is 8.11. The molecule has 194 valence electrons. The van der Waals surface area contributed by atoms with Crippen molar-refractivity contribution >= 4 is 36.8 Å². The standard InChI is InChI=1S/C28H30O6.2ClH/c1-27(2,3)19-15-22(28(4,5)6)24(34-21-13-9-18(10-14-21)26(31)32)23(16-19)33-20-11-7-17(8-12-20)25(29)30;;/h7-16H,1-6H3,(H,29,30)(H,31,32);2*1H. The largest absolute Gasteiger partial charge is 0.478 e. The van der Waals surface area contributed by atoms with E-state index in [4.69, 9.17) is 9.47 Å². The van der Waals surface area contributed by atoms with Gasteiger partial charge >= 0.3 is 11.9 Å². The zero-order valence-electron chi connectivity index (χ0n) is 21.1. The maximum absolute atomic E-state index is 11.2. The summed E-state index contributed by atoms with van der Waals surface area (Å²) >= 11 is 0. The Morgan fingerprint density at radius 2 is 1.06 bits per heavy atom. The van der Waals surface area contributed by atoms with Gasteiger partial charge in [0.2, 0.25) is 0 Å². The minimum absolute atomic E-state index is 0. The molecule has 0 aromatic heterocycles. The van der Waals surface area contributed by atoms with Crippen LogP contribution in [-0.4, -0.2) is 22.2 Å². The molecule has 0 saturated heterocycles. The molecule has 0 aliphatic carbocycles. The Balaban J connectivity index is 0.00000324. The van der Waals surface area contributed by atoms with Crippen molar-refractivity contribution in [2.75, 3.05) is 0 Å². The molecular weight excluding hydrogens is 503 g/mol. The van der Waals surface area contributed by atoms with Crippen molar-refractivity contribution in [3.05, 3.63) is 82.9 Å². The van der Waals surface area contributed by atoms with Crippen molar-refractivity contribution in [1.82, 2.24) is 0 Å². The lowest BCUT2D eigenvalue weighted by Crippen LogP contribution is -2.18. The highest BCUT2D eigenvalue weighted by Crippen LogP contribution is 2.45. The minimum Gasteiger partial charge on any atom is -0.478 e. The first kappa shape index (κ1) is 30.8. The quantitative estimate of drug-likeness (QED) is 0.331. The van der Waals surface area contributed by atoms with E-state index in [1.807, 2.05) is 6.07 Å². The zero-order valence-corrected chi connectivity index (χ0v) is 22.8. The molecule has 8 heteroatoms.